The summed E-state index contributed by atoms with van der Waals surface area (Å²) in [5.41, 5.74) is 4.93. The Balaban J connectivity index is 1.10. The Morgan fingerprint density at radius 1 is 1.00 bits per heavy atom. The lowest BCUT2D eigenvalue weighted by atomic mass is 9.80. The zero-order chi connectivity index (χ0) is 43.4. The third-order valence-corrected chi connectivity index (χ3v) is 12.9. The van der Waals surface area contributed by atoms with Crippen molar-refractivity contribution >= 4 is 56.1 Å². The number of methoxy groups -OCH3 is 1. The van der Waals surface area contributed by atoms with Crippen LogP contribution in [-0.4, -0.2) is 79.6 Å². The molecule has 0 bridgehead atoms. The van der Waals surface area contributed by atoms with Gasteiger partial charge in [-0.15, -0.1) is 0 Å². The average molecular weight is 895 g/mol. The van der Waals surface area contributed by atoms with Gasteiger partial charge in [0.15, 0.2) is 5.75 Å². The van der Waals surface area contributed by atoms with Crippen molar-refractivity contribution in [3.05, 3.63) is 99.4 Å². The summed E-state index contributed by atoms with van der Waals surface area (Å²) < 4.78 is 53.5. The quantitative estimate of drug-likeness (QED) is 0.0778. The van der Waals surface area contributed by atoms with Crippen molar-refractivity contribution in [3.63, 3.8) is 0 Å². The van der Waals surface area contributed by atoms with Crippen LogP contribution in [0.3, 0.4) is 0 Å². The zero-order valence-corrected chi connectivity index (χ0v) is 36.7. The van der Waals surface area contributed by atoms with E-state index in [2.05, 4.69) is 22.6 Å². The maximum atomic E-state index is 15.9. The van der Waals surface area contributed by atoms with Crippen LogP contribution in [0.1, 0.15) is 61.6 Å². The minimum Gasteiger partial charge on any atom is -0.496 e. The molecule has 12 nitrogen and oxygen atoms in total. The molecule has 1 atom stereocenters. The van der Waals surface area contributed by atoms with Crippen LogP contribution < -0.4 is 19.6 Å². The molecule has 2 heterocycles. The maximum Gasteiger partial charge on any atom is 0.306 e. The van der Waals surface area contributed by atoms with Crippen molar-refractivity contribution in [1.82, 2.24) is 25.3 Å². The summed E-state index contributed by atoms with van der Waals surface area (Å²) in [7, 11) is -0.286. The first kappa shape index (κ1) is 44.3. The number of nitrogens with zero attached hydrogens (tertiary/aromatic N) is 3. The number of hydrogen-bond donors (Lipinski definition) is 3. The summed E-state index contributed by atoms with van der Waals surface area (Å²) in [6.07, 6.45) is 7.95. The Labute approximate surface area is 365 Å². The highest BCUT2D eigenvalue weighted by Crippen LogP contribution is 2.41. The van der Waals surface area contributed by atoms with Crippen molar-refractivity contribution in [3.8, 4) is 33.8 Å². The van der Waals surface area contributed by atoms with Crippen LogP contribution in [0.4, 0.5) is 4.39 Å². The Morgan fingerprint density at radius 2 is 1.72 bits per heavy atom. The third-order valence-electron chi connectivity index (χ3n) is 11.7. The standard InChI is InChI=1S/C45H50Cl2FN5O7S/c1-52(24-28-12-10-27(11-13-28)16-44(55)56)25-31-17-38(46)30(20-41(31)59-2)26-53-40-9-5-7-34(36(40)23-50-53)35-8-4-6-33(45(35)47)29-18-39(48)37(42(19-29)60-61(3,57)58)22-49-21-32-14-15-43(54)51-32/h4-9,17-20,23,27-28,32,49H,10-16,21-22,24-26H2,1-3H3,(H,51,54)(H,55,56)/t27?,28?,32-/m0/s1. The van der Waals surface area contributed by atoms with Crippen molar-refractivity contribution in [1.29, 1.82) is 0 Å². The Bertz CT molecular complexity index is 2540. The van der Waals surface area contributed by atoms with Crippen LogP contribution in [0.15, 0.2) is 66.9 Å². The minimum absolute atomic E-state index is 0.0246. The lowest BCUT2D eigenvalue weighted by Crippen LogP contribution is -2.35. The number of benzene rings is 4. The Hall–Kier alpha value is -4.73. The van der Waals surface area contributed by atoms with Gasteiger partial charge in [-0.05, 0) is 98.0 Å². The fraction of sp³-hybridized carbons (Fsp3) is 0.400. The number of carbonyl (C=O) groups is 2. The summed E-state index contributed by atoms with van der Waals surface area (Å²) in [5, 5.41) is 21.6. The molecule has 0 unspecified atom stereocenters. The van der Waals surface area contributed by atoms with Crippen molar-refractivity contribution in [2.24, 2.45) is 11.8 Å². The fourth-order valence-electron chi connectivity index (χ4n) is 8.70. The van der Waals surface area contributed by atoms with Crippen LogP contribution in [0, 0.1) is 17.7 Å². The van der Waals surface area contributed by atoms with Crippen molar-refractivity contribution in [2.75, 3.05) is 33.5 Å². The van der Waals surface area contributed by atoms with Gasteiger partial charge in [0, 0.05) is 77.7 Å². The molecule has 0 spiro atoms. The molecule has 2 fully saturated rings. The van der Waals surface area contributed by atoms with E-state index in [4.69, 9.17) is 42.3 Å². The van der Waals surface area contributed by atoms with Gasteiger partial charge in [-0.2, -0.15) is 13.5 Å². The third kappa shape index (κ3) is 10.8. The number of ether oxygens (including phenoxy) is 1. The van der Waals surface area contributed by atoms with Gasteiger partial charge in [0.1, 0.15) is 11.6 Å². The smallest absolute Gasteiger partial charge is 0.306 e. The lowest BCUT2D eigenvalue weighted by Gasteiger charge is -2.31. The predicted octanol–water partition coefficient (Wildman–Crippen LogP) is 8.29. The molecule has 5 aromatic rings. The SMILES string of the molecule is COc1cc(Cn2ncc3c(-c4cccc(-c5cc(F)c(CNC[C@@H]6CCC(=O)N6)c(OS(C)(=O)=O)c5)c4Cl)cccc32)c(Cl)cc1CN(C)CC1CCC(CC(=O)O)CC1. The topological polar surface area (TPSA) is 152 Å². The van der Waals surface area contributed by atoms with Crippen LogP contribution in [0.5, 0.6) is 11.5 Å². The summed E-state index contributed by atoms with van der Waals surface area (Å²) in [4.78, 5) is 25.0. The number of amides is 1. The molecule has 1 aliphatic heterocycles. The first-order valence-corrected chi connectivity index (χ1v) is 22.9. The average Bonchev–Trinajstić information content (AvgIpc) is 3.82. The molecule has 324 valence electrons. The number of aliphatic carboxylic acids is 1. The number of hydrogen-bond acceptors (Lipinski definition) is 9. The number of halogens is 3. The van der Waals surface area contributed by atoms with E-state index in [1.807, 2.05) is 41.1 Å². The molecule has 1 saturated heterocycles. The minimum atomic E-state index is -4.02. The molecular formula is C45H50Cl2FN5O7S. The van der Waals surface area contributed by atoms with E-state index >= 15 is 4.39 Å². The van der Waals surface area contributed by atoms with E-state index in [-0.39, 0.29) is 42.1 Å². The molecule has 2 aliphatic rings. The molecule has 0 radical (unpaired) electrons. The number of fused-ring (bicyclic) bond motifs is 1. The van der Waals surface area contributed by atoms with Gasteiger partial charge in [0.2, 0.25) is 5.91 Å². The molecule has 1 aromatic heterocycles. The Kier molecular flexibility index (Phi) is 13.9. The summed E-state index contributed by atoms with van der Waals surface area (Å²) in [5.74, 6) is -0.0797. The first-order chi connectivity index (χ1) is 29.1. The summed E-state index contributed by atoms with van der Waals surface area (Å²) >= 11 is 14.1. The molecule has 1 amide bonds. The molecule has 1 aliphatic carbocycles. The number of aromatic nitrogens is 2. The van der Waals surface area contributed by atoms with E-state index in [9.17, 15) is 18.0 Å². The van der Waals surface area contributed by atoms with E-state index in [1.165, 1.54) is 12.1 Å². The van der Waals surface area contributed by atoms with Gasteiger partial charge >= 0.3 is 16.1 Å². The predicted molar refractivity (Wildman–Crippen MR) is 235 cm³/mol. The monoisotopic (exact) mass is 893 g/mol. The van der Waals surface area contributed by atoms with E-state index in [1.54, 1.807) is 25.4 Å². The van der Waals surface area contributed by atoms with Crippen molar-refractivity contribution < 1.29 is 36.4 Å². The van der Waals surface area contributed by atoms with Crippen LogP contribution in [0.2, 0.25) is 10.0 Å². The van der Waals surface area contributed by atoms with E-state index in [0.717, 1.165) is 71.8 Å². The van der Waals surface area contributed by atoms with Crippen LogP contribution in [0.25, 0.3) is 33.2 Å². The second-order valence-corrected chi connectivity index (χ2v) is 18.7. The second kappa shape index (κ2) is 19.1. The highest BCUT2D eigenvalue weighted by molar-refractivity contribution is 7.86. The highest BCUT2D eigenvalue weighted by Gasteiger charge is 2.26. The molecule has 61 heavy (non-hydrogen) atoms. The van der Waals surface area contributed by atoms with Gasteiger partial charge in [-0.3, -0.25) is 14.3 Å². The summed E-state index contributed by atoms with van der Waals surface area (Å²) in [6, 6.07) is 17.8. The summed E-state index contributed by atoms with van der Waals surface area (Å²) in [6.45, 7) is 2.28. The number of carbonyl (C=O) groups excluding carboxylic acids is 1. The molecule has 4 aromatic carbocycles. The Morgan fingerprint density at radius 3 is 2.43 bits per heavy atom. The molecule has 1 saturated carbocycles. The van der Waals surface area contributed by atoms with Gasteiger partial charge in [-0.1, -0.05) is 53.5 Å². The molecule has 3 N–H and O–H groups in total. The zero-order valence-electron chi connectivity index (χ0n) is 34.3. The van der Waals surface area contributed by atoms with Crippen LogP contribution >= 0.6 is 23.2 Å². The molecule has 7 rings (SSSR count). The normalized spacial score (nSPS) is 18.1. The molecular weight excluding hydrogens is 844 g/mol. The lowest BCUT2D eigenvalue weighted by molar-refractivity contribution is -0.138. The molecule has 16 heteroatoms. The number of carboxylic acids is 1. The van der Waals surface area contributed by atoms with Gasteiger partial charge in [-0.25, -0.2) is 4.39 Å². The number of nitrogens with one attached hydrogen (secondary N) is 2. The number of rotatable bonds is 17. The van der Waals surface area contributed by atoms with Crippen molar-refractivity contribution in [2.45, 2.75) is 70.6 Å². The van der Waals surface area contributed by atoms with Gasteiger partial charge < -0.3 is 29.6 Å². The highest BCUT2D eigenvalue weighted by atomic mass is 35.5. The van der Waals surface area contributed by atoms with Gasteiger partial charge in [0.05, 0.1) is 36.6 Å². The fourth-order valence-corrected chi connectivity index (χ4v) is 9.76. The van der Waals surface area contributed by atoms with E-state index < -0.39 is 21.9 Å². The van der Waals surface area contributed by atoms with Crippen LogP contribution in [-0.2, 0) is 39.3 Å². The van der Waals surface area contributed by atoms with E-state index in [0.29, 0.717) is 65.1 Å². The number of carboxylic acid groups (broad SMARTS) is 1. The van der Waals surface area contributed by atoms with Gasteiger partial charge in [0.25, 0.3) is 0 Å². The first-order valence-electron chi connectivity index (χ1n) is 20.4. The largest absolute Gasteiger partial charge is 0.496 e. The second-order valence-electron chi connectivity index (χ2n) is 16.3. The maximum absolute atomic E-state index is 15.9.